The fourth-order valence-electron chi connectivity index (χ4n) is 2.15. The van der Waals surface area contributed by atoms with Gasteiger partial charge in [0.1, 0.15) is 17.6 Å². The number of hydrogen-bond acceptors (Lipinski definition) is 4. The molecule has 1 aromatic rings. The lowest BCUT2D eigenvalue weighted by atomic mass is 10.2. The van der Waals surface area contributed by atoms with E-state index in [4.69, 9.17) is 4.42 Å². The lowest BCUT2D eigenvalue weighted by Crippen LogP contribution is -2.44. The number of carbonyl (C=O) groups excluding carboxylic acids is 1. The molecule has 1 aliphatic heterocycles. The highest BCUT2D eigenvalue weighted by atomic mass is 32.2. The number of rotatable bonds is 4. The van der Waals surface area contributed by atoms with Crippen molar-refractivity contribution >= 4 is 29.7 Å². The molecule has 6 heteroatoms. The fourth-order valence-corrected chi connectivity index (χ4v) is 3.50. The monoisotopic (exact) mass is 295 g/mol. The average Bonchev–Trinajstić information content (AvgIpc) is 3.01. The molecule has 1 aliphatic rings. The molecule has 0 radical (unpaired) electrons. The van der Waals surface area contributed by atoms with E-state index in [0.717, 1.165) is 12.2 Å². The van der Waals surface area contributed by atoms with Crippen LogP contribution < -0.4 is 0 Å². The molecule has 2 rings (SSSR count). The number of nitrogens with zero attached hydrogens (tertiary/aromatic N) is 1. The van der Waals surface area contributed by atoms with E-state index in [1.54, 1.807) is 12.1 Å². The van der Waals surface area contributed by atoms with Crippen molar-refractivity contribution < 1.29 is 19.1 Å². The molecule has 1 amide bonds. The summed E-state index contributed by atoms with van der Waals surface area (Å²) in [6.07, 6.45) is 3.68. The van der Waals surface area contributed by atoms with E-state index in [0.29, 0.717) is 11.5 Å². The van der Waals surface area contributed by atoms with Crippen LogP contribution in [0.3, 0.4) is 0 Å². The minimum absolute atomic E-state index is 0.0772. The Morgan fingerprint density at radius 3 is 2.85 bits per heavy atom. The Hall–Kier alpha value is -1.69. The number of furan rings is 1. The summed E-state index contributed by atoms with van der Waals surface area (Å²) in [4.78, 5) is 24.9. The number of carboxylic acid groups (broad SMARTS) is 1. The summed E-state index contributed by atoms with van der Waals surface area (Å²) in [5, 5.41) is 9.11. The molecule has 0 spiro atoms. The van der Waals surface area contributed by atoms with Gasteiger partial charge in [-0.15, -0.1) is 11.8 Å². The minimum atomic E-state index is -0.955. The Morgan fingerprint density at radius 1 is 1.55 bits per heavy atom. The number of aliphatic carboxylic acids is 1. The van der Waals surface area contributed by atoms with Gasteiger partial charge in [-0.3, -0.25) is 4.79 Å². The van der Waals surface area contributed by atoms with Gasteiger partial charge < -0.3 is 14.4 Å². The third-order valence-electron chi connectivity index (χ3n) is 3.13. The molecule has 1 aromatic heterocycles. The third-order valence-corrected chi connectivity index (χ3v) is 4.59. The highest BCUT2D eigenvalue weighted by Crippen LogP contribution is 2.31. The van der Waals surface area contributed by atoms with Crippen molar-refractivity contribution in [2.24, 2.45) is 0 Å². The summed E-state index contributed by atoms with van der Waals surface area (Å²) in [6, 6.07) is 2.83. The molecule has 2 heterocycles. The zero-order chi connectivity index (χ0) is 14.7. The van der Waals surface area contributed by atoms with Crippen LogP contribution in [0.25, 0.3) is 6.08 Å². The second kappa shape index (κ2) is 6.17. The normalized spacial score (nSPS) is 22.6. The molecule has 5 nitrogen and oxygen atoms in total. The molecule has 0 aliphatic carbocycles. The lowest BCUT2D eigenvalue weighted by molar-refractivity contribution is -0.147. The second-order valence-electron chi connectivity index (χ2n) is 4.58. The summed E-state index contributed by atoms with van der Waals surface area (Å²) in [5.74, 6) is 0.548. The molecule has 2 unspecified atom stereocenters. The van der Waals surface area contributed by atoms with Crippen LogP contribution in [0, 0.1) is 6.92 Å². The standard InChI is InChI=1S/C14H17NO4S/c1-3-13-15(11(8-20-13)14(17)18)12(16)7-6-10-5-4-9(2)19-10/h4-7,11,13H,3,8H2,1-2H3,(H,17,18). The third kappa shape index (κ3) is 3.07. The number of carboxylic acids is 1. The second-order valence-corrected chi connectivity index (χ2v) is 5.79. The van der Waals surface area contributed by atoms with Crippen LogP contribution in [0.4, 0.5) is 0 Å². The highest BCUT2D eigenvalue weighted by molar-refractivity contribution is 8.00. The van der Waals surface area contributed by atoms with Gasteiger partial charge in [0.05, 0.1) is 5.37 Å². The Morgan fingerprint density at radius 2 is 2.30 bits per heavy atom. The SMILES string of the molecule is CCC1SCC(C(=O)O)N1C(=O)C=Cc1ccc(C)o1. The molecule has 1 fully saturated rings. The first-order chi connectivity index (χ1) is 9.52. The van der Waals surface area contributed by atoms with Crippen LogP contribution in [-0.2, 0) is 9.59 Å². The Labute approximate surface area is 121 Å². The van der Waals surface area contributed by atoms with Crippen LogP contribution in [0.1, 0.15) is 24.9 Å². The first-order valence-electron chi connectivity index (χ1n) is 6.44. The quantitative estimate of drug-likeness (QED) is 0.863. The molecule has 1 saturated heterocycles. The van der Waals surface area contributed by atoms with E-state index in [1.807, 2.05) is 19.9 Å². The zero-order valence-electron chi connectivity index (χ0n) is 11.4. The van der Waals surface area contributed by atoms with Crippen LogP contribution in [-0.4, -0.2) is 39.1 Å². The average molecular weight is 295 g/mol. The number of carbonyl (C=O) groups is 2. The van der Waals surface area contributed by atoms with E-state index >= 15 is 0 Å². The molecule has 0 aromatic carbocycles. The summed E-state index contributed by atoms with van der Waals surface area (Å²) >= 11 is 1.51. The van der Waals surface area contributed by atoms with Crippen LogP contribution in [0.5, 0.6) is 0 Å². The maximum Gasteiger partial charge on any atom is 0.327 e. The number of hydrogen-bond donors (Lipinski definition) is 1. The lowest BCUT2D eigenvalue weighted by Gasteiger charge is -2.25. The van der Waals surface area contributed by atoms with Gasteiger partial charge in [0.25, 0.3) is 0 Å². The van der Waals surface area contributed by atoms with Crippen molar-refractivity contribution in [3.8, 4) is 0 Å². The van der Waals surface area contributed by atoms with Gasteiger partial charge in [-0.2, -0.15) is 0 Å². The maximum absolute atomic E-state index is 12.2. The van der Waals surface area contributed by atoms with Gasteiger partial charge in [0.15, 0.2) is 0 Å². The number of aryl methyl sites for hydroxylation is 1. The highest BCUT2D eigenvalue weighted by Gasteiger charge is 2.39. The molecule has 1 N–H and O–H groups in total. The van der Waals surface area contributed by atoms with Crippen molar-refractivity contribution in [2.45, 2.75) is 31.7 Å². The van der Waals surface area contributed by atoms with Gasteiger partial charge in [0.2, 0.25) is 5.91 Å². The van der Waals surface area contributed by atoms with Gasteiger partial charge in [-0.05, 0) is 31.6 Å². The van der Waals surface area contributed by atoms with E-state index in [-0.39, 0.29) is 11.3 Å². The first kappa shape index (κ1) is 14.7. The summed E-state index contributed by atoms with van der Waals surface area (Å²) in [6.45, 7) is 3.77. The van der Waals surface area contributed by atoms with E-state index < -0.39 is 12.0 Å². The fraction of sp³-hybridized carbons (Fsp3) is 0.429. The summed E-state index contributed by atoms with van der Waals surface area (Å²) in [5.41, 5.74) is 0. The molecule has 0 saturated carbocycles. The summed E-state index contributed by atoms with van der Waals surface area (Å²) in [7, 11) is 0. The molecular formula is C14H17NO4S. The van der Waals surface area contributed by atoms with Crippen molar-refractivity contribution in [1.82, 2.24) is 4.90 Å². The molecular weight excluding hydrogens is 278 g/mol. The molecule has 2 atom stereocenters. The summed E-state index contributed by atoms with van der Waals surface area (Å²) < 4.78 is 5.34. The van der Waals surface area contributed by atoms with Gasteiger partial charge in [-0.25, -0.2) is 4.79 Å². The smallest absolute Gasteiger partial charge is 0.327 e. The van der Waals surface area contributed by atoms with Crippen molar-refractivity contribution in [2.75, 3.05) is 5.75 Å². The largest absolute Gasteiger partial charge is 0.480 e. The van der Waals surface area contributed by atoms with E-state index in [1.165, 1.54) is 22.7 Å². The molecule has 20 heavy (non-hydrogen) atoms. The molecule has 0 bridgehead atoms. The van der Waals surface area contributed by atoms with Gasteiger partial charge in [-0.1, -0.05) is 6.92 Å². The zero-order valence-corrected chi connectivity index (χ0v) is 12.2. The maximum atomic E-state index is 12.2. The number of thioether (sulfide) groups is 1. The first-order valence-corrected chi connectivity index (χ1v) is 7.49. The van der Waals surface area contributed by atoms with Crippen molar-refractivity contribution in [3.63, 3.8) is 0 Å². The molecule has 108 valence electrons. The predicted molar refractivity (Wildman–Crippen MR) is 77.3 cm³/mol. The van der Waals surface area contributed by atoms with Gasteiger partial charge in [0, 0.05) is 11.8 Å². The minimum Gasteiger partial charge on any atom is -0.480 e. The topological polar surface area (TPSA) is 70.8 Å². The predicted octanol–water partition coefficient (Wildman–Crippen LogP) is 2.37. The van der Waals surface area contributed by atoms with Gasteiger partial charge >= 0.3 is 5.97 Å². The van der Waals surface area contributed by atoms with E-state index in [9.17, 15) is 14.7 Å². The Balaban J connectivity index is 2.13. The van der Waals surface area contributed by atoms with Crippen LogP contribution in [0.15, 0.2) is 22.6 Å². The number of amides is 1. The van der Waals surface area contributed by atoms with Crippen LogP contribution >= 0.6 is 11.8 Å². The Kier molecular flexibility index (Phi) is 4.54. The van der Waals surface area contributed by atoms with Crippen molar-refractivity contribution in [1.29, 1.82) is 0 Å². The Bertz CT molecular complexity index is 537. The van der Waals surface area contributed by atoms with E-state index in [2.05, 4.69) is 0 Å². The van der Waals surface area contributed by atoms with Crippen molar-refractivity contribution in [3.05, 3.63) is 29.7 Å². The van der Waals surface area contributed by atoms with Crippen LogP contribution in [0.2, 0.25) is 0 Å².